The summed E-state index contributed by atoms with van der Waals surface area (Å²) in [5.41, 5.74) is 11.3. The van der Waals surface area contributed by atoms with E-state index in [9.17, 15) is 0 Å². The van der Waals surface area contributed by atoms with Crippen LogP contribution < -0.4 is 0 Å². The van der Waals surface area contributed by atoms with E-state index in [0.717, 1.165) is 43.9 Å². The average Bonchev–Trinajstić information content (AvgIpc) is 3.65. The number of hydrogen-bond acceptors (Lipinski definition) is 3. The number of nitrogens with zero attached hydrogens (tertiary/aromatic N) is 3. The van der Waals surface area contributed by atoms with Crippen LogP contribution in [0.4, 0.5) is 0 Å². The molecule has 0 fully saturated rings. The van der Waals surface area contributed by atoms with Crippen LogP contribution in [0.3, 0.4) is 0 Å². The minimum absolute atomic E-state index is 0.747. The van der Waals surface area contributed by atoms with Gasteiger partial charge in [-0.05, 0) is 42.3 Å². The molecule has 3 nitrogen and oxygen atoms in total. The third-order valence-electron chi connectivity index (χ3n) is 8.69. The molecule has 4 heteroatoms. The van der Waals surface area contributed by atoms with Crippen molar-refractivity contribution in [1.82, 2.24) is 14.5 Å². The van der Waals surface area contributed by atoms with Crippen LogP contribution in [0.25, 0.3) is 81.6 Å². The van der Waals surface area contributed by atoms with Gasteiger partial charge in [0.15, 0.2) is 5.82 Å². The number of fused-ring (bicyclic) bond motifs is 6. The van der Waals surface area contributed by atoms with Gasteiger partial charge in [0, 0.05) is 37.7 Å². The molecular weight excluding hydrogens is 567 g/mol. The van der Waals surface area contributed by atoms with Gasteiger partial charge in [0.1, 0.15) is 0 Å². The lowest BCUT2D eigenvalue weighted by Crippen LogP contribution is -1.94. The molecule has 212 valence electrons. The normalized spacial score (nSPS) is 11.7. The van der Waals surface area contributed by atoms with Crippen molar-refractivity contribution in [3.63, 3.8) is 0 Å². The maximum Gasteiger partial charge on any atom is 0.160 e. The van der Waals surface area contributed by atoms with Crippen molar-refractivity contribution in [2.75, 3.05) is 0 Å². The van der Waals surface area contributed by atoms with Crippen molar-refractivity contribution in [2.45, 2.75) is 6.92 Å². The Balaban J connectivity index is 1.28. The zero-order valence-electron chi connectivity index (χ0n) is 24.6. The summed E-state index contributed by atoms with van der Waals surface area (Å²) in [7, 11) is 0. The average molecular weight is 594 g/mol. The molecule has 0 saturated carbocycles. The molecule has 0 radical (unpaired) electrons. The number of benzene rings is 6. The first-order valence-electron chi connectivity index (χ1n) is 15.2. The topological polar surface area (TPSA) is 30.7 Å². The molecule has 3 heterocycles. The Morgan fingerprint density at radius 1 is 0.511 bits per heavy atom. The molecule has 9 aromatic rings. The van der Waals surface area contributed by atoms with Gasteiger partial charge in [-0.15, -0.1) is 11.3 Å². The molecule has 0 saturated heterocycles. The standard InChI is InChI=1S/C41H27N3S/c1-26-21-23-27(24-22-26)37-40-38(43-41(42-37)28-11-3-2-4-12-28)34-18-10-17-31(39(34)45-40)29-13-9-14-30(25-29)44-35-19-7-5-15-32(35)33-16-6-8-20-36(33)44/h2-25H,1H3. The van der Waals surface area contributed by atoms with Gasteiger partial charge in [-0.1, -0.05) is 127 Å². The van der Waals surface area contributed by atoms with Crippen molar-refractivity contribution in [3.05, 3.63) is 151 Å². The van der Waals surface area contributed by atoms with E-state index in [-0.39, 0.29) is 0 Å². The van der Waals surface area contributed by atoms with Gasteiger partial charge in [0.2, 0.25) is 0 Å². The van der Waals surface area contributed by atoms with E-state index in [4.69, 9.17) is 9.97 Å². The largest absolute Gasteiger partial charge is 0.309 e. The Bertz CT molecular complexity index is 2490. The van der Waals surface area contributed by atoms with Crippen LogP contribution in [0, 0.1) is 6.92 Å². The van der Waals surface area contributed by atoms with Crippen LogP contribution in [0.2, 0.25) is 0 Å². The minimum Gasteiger partial charge on any atom is -0.309 e. The van der Waals surface area contributed by atoms with E-state index in [1.165, 1.54) is 43.2 Å². The van der Waals surface area contributed by atoms with E-state index < -0.39 is 0 Å². The van der Waals surface area contributed by atoms with Crippen LogP contribution in [-0.4, -0.2) is 14.5 Å². The van der Waals surface area contributed by atoms with Gasteiger partial charge in [-0.25, -0.2) is 9.97 Å². The monoisotopic (exact) mass is 593 g/mol. The molecule has 0 unspecified atom stereocenters. The van der Waals surface area contributed by atoms with Gasteiger partial charge in [0.05, 0.1) is 26.9 Å². The molecular formula is C41H27N3S. The number of aromatic nitrogens is 3. The summed E-state index contributed by atoms with van der Waals surface area (Å²) in [6.07, 6.45) is 0. The van der Waals surface area contributed by atoms with Crippen molar-refractivity contribution in [2.24, 2.45) is 0 Å². The maximum atomic E-state index is 5.19. The zero-order valence-corrected chi connectivity index (χ0v) is 25.4. The highest BCUT2D eigenvalue weighted by Gasteiger charge is 2.19. The molecule has 3 aromatic heterocycles. The molecule has 0 aliphatic heterocycles. The predicted molar refractivity (Wildman–Crippen MR) is 190 cm³/mol. The third-order valence-corrected chi connectivity index (χ3v) is 9.93. The highest BCUT2D eigenvalue weighted by Crippen LogP contribution is 2.44. The number of thiophene rings is 1. The summed E-state index contributed by atoms with van der Waals surface area (Å²) < 4.78 is 4.71. The Hall–Kier alpha value is -5.58. The van der Waals surface area contributed by atoms with E-state index >= 15 is 0 Å². The van der Waals surface area contributed by atoms with Crippen LogP contribution in [-0.2, 0) is 0 Å². The number of hydrogen-bond donors (Lipinski definition) is 0. The molecule has 45 heavy (non-hydrogen) atoms. The SMILES string of the molecule is Cc1ccc(-c2nc(-c3ccccc3)nc3c2sc2c(-c4cccc(-n5c6ccccc6c6ccccc65)c4)cccc23)cc1. The van der Waals surface area contributed by atoms with Crippen molar-refractivity contribution in [1.29, 1.82) is 0 Å². The van der Waals surface area contributed by atoms with Crippen molar-refractivity contribution >= 4 is 53.4 Å². The molecule has 0 amide bonds. The van der Waals surface area contributed by atoms with Crippen LogP contribution >= 0.6 is 11.3 Å². The molecule has 0 atom stereocenters. The molecule has 0 aliphatic carbocycles. The Labute approximate surface area is 264 Å². The number of para-hydroxylation sites is 2. The van der Waals surface area contributed by atoms with E-state index in [1.807, 2.05) is 18.2 Å². The Morgan fingerprint density at radius 3 is 1.91 bits per heavy atom. The lowest BCUT2D eigenvalue weighted by Gasteiger charge is -2.11. The van der Waals surface area contributed by atoms with Gasteiger partial charge in [0.25, 0.3) is 0 Å². The first-order valence-corrected chi connectivity index (χ1v) is 16.0. The summed E-state index contributed by atoms with van der Waals surface area (Å²) in [5.74, 6) is 0.747. The fourth-order valence-corrected chi connectivity index (χ4v) is 7.82. The lowest BCUT2D eigenvalue weighted by atomic mass is 10.0. The second-order valence-electron chi connectivity index (χ2n) is 11.5. The van der Waals surface area contributed by atoms with Gasteiger partial charge in [-0.2, -0.15) is 0 Å². The van der Waals surface area contributed by atoms with E-state index in [1.54, 1.807) is 11.3 Å². The number of rotatable bonds is 4. The fraction of sp³-hybridized carbons (Fsp3) is 0.0244. The fourth-order valence-electron chi connectivity index (χ4n) is 6.53. The first-order chi connectivity index (χ1) is 22.2. The smallest absolute Gasteiger partial charge is 0.160 e. The molecule has 9 rings (SSSR count). The summed E-state index contributed by atoms with van der Waals surface area (Å²) in [4.78, 5) is 10.4. The summed E-state index contributed by atoms with van der Waals surface area (Å²) in [6.45, 7) is 2.12. The third kappa shape index (κ3) is 4.18. The molecule has 0 spiro atoms. The Kier molecular flexibility index (Phi) is 5.90. The second kappa shape index (κ2) is 10.3. The van der Waals surface area contributed by atoms with Gasteiger partial charge in [-0.3, -0.25) is 0 Å². The highest BCUT2D eigenvalue weighted by atomic mass is 32.1. The van der Waals surface area contributed by atoms with Crippen LogP contribution in [0.15, 0.2) is 146 Å². The molecule has 6 aromatic carbocycles. The van der Waals surface area contributed by atoms with Gasteiger partial charge >= 0.3 is 0 Å². The van der Waals surface area contributed by atoms with Gasteiger partial charge < -0.3 is 4.57 Å². The minimum atomic E-state index is 0.747. The first kappa shape index (κ1) is 25.9. The van der Waals surface area contributed by atoms with Crippen LogP contribution in [0.1, 0.15) is 5.56 Å². The van der Waals surface area contributed by atoms with Crippen molar-refractivity contribution in [3.8, 4) is 39.5 Å². The zero-order chi connectivity index (χ0) is 29.9. The quantitative estimate of drug-likeness (QED) is 0.203. The van der Waals surface area contributed by atoms with E-state index in [2.05, 4.69) is 139 Å². The summed E-state index contributed by atoms with van der Waals surface area (Å²) in [5, 5.41) is 3.69. The molecule has 0 aliphatic rings. The summed E-state index contributed by atoms with van der Waals surface area (Å²) in [6, 6.07) is 51.8. The predicted octanol–water partition coefficient (Wildman–Crippen LogP) is 11.3. The van der Waals surface area contributed by atoms with Crippen molar-refractivity contribution < 1.29 is 0 Å². The lowest BCUT2D eigenvalue weighted by molar-refractivity contribution is 1.18. The molecule has 0 N–H and O–H groups in total. The van der Waals surface area contributed by atoms with Crippen LogP contribution in [0.5, 0.6) is 0 Å². The highest BCUT2D eigenvalue weighted by molar-refractivity contribution is 7.26. The Morgan fingerprint density at radius 2 is 1.16 bits per heavy atom. The molecule has 0 bridgehead atoms. The summed E-state index contributed by atoms with van der Waals surface area (Å²) >= 11 is 1.79. The second-order valence-corrected chi connectivity index (χ2v) is 12.5. The maximum absolute atomic E-state index is 5.19. The number of aryl methyl sites for hydroxylation is 1. The van der Waals surface area contributed by atoms with E-state index in [0.29, 0.717) is 0 Å².